The van der Waals surface area contributed by atoms with Crippen LogP contribution < -0.4 is 5.32 Å². The second-order valence-corrected chi connectivity index (χ2v) is 10.1. The van der Waals surface area contributed by atoms with Gasteiger partial charge in [-0.15, -0.1) is 0 Å². The molecule has 5 nitrogen and oxygen atoms in total. The first-order valence-electron chi connectivity index (χ1n) is 13.0. The summed E-state index contributed by atoms with van der Waals surface area (Å²) in [7, 11) is 0. The standard InChI is InChI=1S/C32H28F3N5/c1-19(2)24-9-5-7-11-26(24)30-28(18-36)25-10-6-8-12-27(25)31(38-30)37-21(4)22-13-15-23(16-14-22)40-20(3)17-29(39-40)32(33,34)35/h5-17,19,21H,1-4H3,(H,37,38)/t21-/m0/s1. The number of hydrogen-bond acceptors (Lipinski definition) is 4. The number of hydrogen-bond donors (Lipinski definition) is 1. The van der Waals surface area contributed by atoms with Crippen LogP contribution in [0.2, 0.25) is 0 Å². The quantitative estimate of drug-likeness (QED) is 0.235. The lowest BCUT2D eigenvalue weighted by Crippen LogP contribution is -2.10. The monoisotopic (exact) mass is 539 g/mol. The molecule has 0 saturated carbocycles. The fraction of sp³-hybridized carbons (Fsp3) is 0.219. The van der Waals surface area contributed by atoms with Crippen molar-refractivity contribution in [1.29, 1.82) is 5.26 Å². The maximum atomic E-state index is 13.1. The number of fused-ring (bicyclic) bond motifs is 1. The van der Waals surface area contributed by atoms with Crippen molar-refractivity contribution in [1.82, 2.24) is 14.8 Å². The highest BCUT2D eigenvalue weighted by Gasteiger charge is 2.34. The van der Waals surface area contributed by atoms with Gasteiger partial charge in [0.1, 0.15) is 11.9 Å². The maximum absolute atomic E-state index is 13.1. The van der Waals surface area contributed by atoms with Crippen LogP contribution in [0.1, 0.15) is 60.8 Å². The second kappa shape index (κ2) is 10.5. The molecule has 5 aromatic rings. The smallest absolute Gasteiger partial charge is 0.363 e. The molecule has 0 aliphatic rings. The van der Waals surface area contributed by atoms with E-state index in [0.29, 0.717) is 28.5 Å². The van der Waals surface area contributed by atoms with Gasteiger partial charge in [0.15, 0.2) is 5.69 Å². The fourth-order valence-corrected chi connectivity index (χ4v) is 4.96. The third-order valence-corrected chi connectivity index (χ3v) is 7.03. The lowest BCUT2D eigenvalue weighted by atomic mass is 9.92. The van der Waals surface area contributed by atoms with Crippen LogP contribution in [0.15, 0.2) is 78.9 Å². The summed E-state index contributed by atoms with van der Waals surface area (Å²) in [5, 5.41) is 19.1. The average Bonchev–Trinajstić information content (AvgIpc) is 3.35. The molecule has 8 heteroatoms. The van der Waals surface area contributed by atoms with Crippen LogP contribution in [0.4, 0.5) is 19.0 Å². The number of halogens is 3. The molecule has 0 aliphatic heterocycles. The molecule has 1 N–H and O–H groups in total. The number of aromatic nitrogens is 3. The van der Waals surface area contributed by atoms with Crippen molar-refractivity contribution < 1.29 is 13.2 Å². The van der Waals surface area contributed by atoms with Gasteiger partial charge in [0, 0.05) is 28.1 Å². The Kier molecular flexibility index (Phi) is 7.07. The number of rotatable bonds is 6. The number of nitriles is 1. The summed E-state index contributed by atoms with van der Waals surface area (Å²) in [4.78, 5) is 5.00. The predicted molar refractivity (Wildman–Crippen MR) is 151 cm³/mol. The lowest BCUT2D eigenvalue weighted by molar-refractivity contribution is -0.141. The maximum Gasteiger partial charge on any atom is 0.435 e. The van der Waals surface area contributed by atoms with Crippen molar-refractivity contribution in [2.45, 2.75) is 45.8 Å². The van der Waals surface area contributed by atoms with Crippen molar-refractivity contribution in [2.75, 3.05) is 5.32 Å². The van der Waals surface area contributed by atoms with E-state index >= 15 is 0 Å². The Balaban J connectivity index is 1.53. The van der Waals surface area contributed by atoms with Crippen molar-refractivity contribution in [3.05, 3.63) is 107 Å². The van der Waals surface area contributed by atoms with E-state index in [9.17, 15) is 18.4 Å². The zero-order valence-electron chi connectivity index (χ0n) is 22.6. The van der Waals surface area contributed by atoms with Crippen LogP contribution >= 0.6 is 0 Å². The largest absolute Gasteiger partial charge is 0.435 e. The molecule has 0 fully saturated rings. The molecule has 0 saturated heterocycles. The highest BCUT2D eigenvalue weighted by atomic mass is 19.4. The first-order valence-corrected chi connectivity index (χ1v) is 13.0. The minimum atomic E-state index is -4.50. The SMILES string of the molecule is Cc1cc(C(F)(F)F)nn1-c1ccc([C@H](C)Nc2nc(-c3ccccc3C(C)C)c(C#N)c3ccccc23)cc1. The summed E-state index contributed by atoms with van der Waals surface area (Å²) in [5.41, 5.74) is 4.13. The summed E-state index contributed by atoms with van der Waals surface area (Å²) in [5.74, 6) is 0.896. The van der Waals surface area contributed by atoms with E-state index in [2.05, 4.69) is 36.4 Å². The van der Waals surface area contributed by atoms with Crippen LogP contribution in [-0.4, -0.2) is 14.8 Å². The molecule has 0 unspecified atom stereocenters. The second-order valence-electron chi connectivity index (χ2n) is 10.1. The van der Waals surface area contributed by atoms with Gasteiger partial charge in [-0.2, -0.15) is 23.5 Å². The van der Waals surface area contributed by atoms with E-state index in [1.165, 1.54) is 4.68 Å². The fourth-order valence-electron chi connectivity index (χ4n) is 4.96. The van der Waals surface area contributed by atoms with Crippen molar-refractivity contribution >= 4 is 16.6 Å². The molecule has 40 heavy (non-hydrogen) atoms. The van der Waals surface area contributed by atoms with Gasteiger partial charge >= 0.3 is 6.18 Å². The molecular formula is C32H28F3N5. The lowest BCUT2D eigenvalue weighted by Gasteiger charge is -2.20. The Morgan fingerprint density at radius 2 is 1.55 bits per heavy atom. The summed E-state index contributed by atoms with van der Waals surface area (Å²) in [6.07, 6.45) is -4.50. The van der Waals surface area contributed by atoms with E-state index in [0.717, 1.165) is 33.5 Å². The van der Waals surface area contributed by atoms with Crippen LogP contribution in [0.25, 0.3) is 27.7 Å². The Morgan fingerprint density at radius 1 is 0.900 bits per heavy atom. The minimum absolute atomic E-state index is 0.185. The summed E-state index contributed by atoms with van der Waals surface area (Å²) in [6.45, 7) is 7.82. The Labute approximate surface area is 230 Å². The van der Waals surface area contributed by atoms with Gasteiger partial charge in [-0.1, -0.05) is 74.5 Å². The number of aryl methyl sites for hydroxylation is 1. The molecule has 0 bridgehead atoms. The van der Waals surface area contributed by atoms with Crippen molar-refractivity contribution in [3.63, 3.8) is 0 Å². The van der Waals surface area contributed by atoms with Crippen LogP contribution in [0, 0.1) is 18.3 Å². The van der Waals surface area contributed by atoms with Crippen molar-refractivity contribution in [2.24, 2.45) is 0 Å². The molecule has 5 rings (SSSR count). The molecule has 2 aromatic heterocycles. The molecule has 0 amide bonds. The van der Waals surface area contributed by atoms with Gasteiger partial charge in [0.05, 0.1) is 16.9 Å². The summed E-state index contributed by atoms with van der Waals surface area (Å²) < 4.78 is 40.7. The van der Waals surface area contributed by atoms with Gasteiger partial charge in [0.2, 0.25) is 0 Å². The first-order chi connectivity index (χ1) is 19.1. The summed E-state index contributed by atoms with van der Waals surface area (Å²) >= 11 is 0. The third-order valence-electron chi connectivity index (χ3n) is 7.03. The Morgan fingerprint density at radius 3 is 2.17 bits per heavy atom. The number of anilines is 1. The van der Waals surface area contributed by atoms with Crippen molar-refractivity contribution in [3.8, 4) is 23.0 Å². The molecular weight excluding hydrogens is 511 g/mol. The molecule has 0 aliphatic carbocycles. The molecule has 3 aromatic carbocycles. The van der Waals surface area contributed by atoms with E-state index in [1.54, 1.807) is 19.1 Å². The first kappa shape index (κ1) is 26.9. The van der Waals surface area contributed by atoms with Gasteiger partial charge in [-0.05, 0) is 49.1 Å². The van der Waals surface area contributed by atoms with E-state index < -0.39 is 11.9 Å². The summed E-state index contributed by atoms with van der Waals surface area (Å²) in [6, 6.07) is 26.2. The van der Waals surface area contributed by atoms with E-state index in [4.69, 9.17) is 4.98 Å². The number of benzene rings is 3. The van der Waals surface area contributed by atoms with Crippen LogP contribution in [0.5, 0.6) is 0 Å². The zero-order chi connectivity index (χ0) is 28.6. The van der Waals surface area contributed by atoms with Crippen LogP contribution in [-0.2, 0) is 6.18 Å². The molecule has 1 atom stereocenters. The minimum Gasteiger partial charge on any atom is -0.363 e. The van der Waals surface area contributed by atoms with Gasteiger partial charge in [-0.25, -0.2) is 9.67 Å². The van der Waals surface area contributed by atoms with E-state index in [-0.39, 0.29) is 12.0 Å². The van der Waals surface area contributed by atoms with Crippen LogP contribution in [0.3, 0.4) is 0 Å². The Hall–Kier alpha value is -4.64. The molecule has 0 radical (unpaired) electrons. The van der Waals surface area contributed by atoms with Gasteiger partial charge < -0.3 is 5.32 Å². The topological polar surface area (TPSA) is 66.5 Å². The number of nitrogens with one attached hydrogen (secondary N) is 1. The molecule has 0 spiro atoms. The molecule has 2 heterocycles. The van der Waals surface area contributed by atoms with E-state index in [1.807, 2.05) is 61.5 Å². The molecule has 202 valence electrons. The van der Waals surface area contributed by atoms with Gasteiger partial charge in [-0.3, -0.25) is 0 Å². The third kappa shape index (κ3) is 5.03. The average molecular weight is 540 g/mol. The number of pyridine rings is 1. The number of nitrogens with zero attached hydrogens (tertiary/aromatic N) is 4. The van der Waals surface area contributed by atoms with Gasteiger partial charge in [0.25, 0.3) is 0 Å². The predicted octanol–water partition coefficient (Wildman–Crippen LogP) is 8.58. The highest BCUT2D eigenvalue weighted by Crippen LogP contribution is 2.37. The Bertz CT molecular complexity index is 1730. The normalized spacial score (nSPS) is 12.5. The number of alkyl halides is 3. The highest BCUT2D eigenvalue weighted by molar-refractivity contribution is 6.00. The zero-order valence-corrected chi connectivity index (χ0v) is 22.6.